The summed E-state index contributed by atoms with van der Waals surface area (Å²) in [6.07, 6.45) is 6.22. The Bertz CT molecular complexity index is 1910. The van der Waals surface area contributed by atoms with Crippen LogP contribution in [-0.2, 0) is 4.79 Å². The highest BCUT2D eigenvalue weighted by molar-refractivity contribution is 5.91. The third-order valence-corrected chi connectivity index (χ3v) is 9.75. The van der Waals surface area contributed by atoms with Crippen molar-refractivity contribution in [2.45, 2.75) is 85.7 Å². The van der Waals surface area contributed by atoms with Gasteiger partial charge in [0.2, 0.25) is 5.36 Å². The van der Waals surface area contributed by atoms with Gasteiger partial charge in [0.1, 0.15) is 23.8 Å². The molecular formula is C40H47N2O4+. The van der Waals surface area contributed by atoms with E-state index in [0.717, 1.165) is 52.3 Å². The van der Waals surface area contributed by atoms with Crippen molar-refractivity contribution in [2.75, 3.05) is 24.6 Å². The lowest BCUT2D eigenvalue weighted by molar-refractivity contribution is -0.137. The topological polar surface area (TPSA) is 62.0 Å². The fourth-order valence-electron chi connectivity index (χ4n) is 7.78. The molecule has 0 fully saturated rings. The Morgan fingerprint density at radius 1 is 0.891 bits per heavy atom. The van der Waals surface area contributed by atoms with Crippen LogP contribution in [-0.4, -0.2) is 41.9 Å². The number of carbonyl (C=O) groups is 1. The third-order valence-electron chi connectivity index (χ3n) is 9.75. The lowest BCUT2D eigenvalue weighted by atomic mass is 9.84. The molecule has 0 saturated carbocycles. The van der Waals surface area contributed by atoms with Crippen LogP contribution in [0.2, 0.25) is 0 Å². The van der Waals surface area contributed by atoms with E-state index in [1.165, 1.54) is 33.3 Å². The number of hydrogen-bond acceptors (Lipinski definition) is 4. The molecule has 0 aromatic heterocycles. The fraction of sp³-hybridized carbons (Fsp3) is 0.400. The molecule has 0 aliphatic carbocycles. The molecule has 6 rings (SSSR count). The summed E-state index contributed by atoms with van der Waals surface area (Å²) < 4.78 is 15.3. The summed E-state index contributed by atoms with van der Waals surface area (Å²) in [5.41, 5.74) is 9.35. The maximum atomic E-state index is 10.8. The van der Waals surface area contributed by atoms with E-state index < -0.39 is 5.97 Å². The van der Waals surface area contributed by atoms with E-state index in [9.17, 15) is 4.79 Å². The summed E-state index contributed by atoms with van der Waals surface area (Å²) >= 11 is 0. The lowest BCUT2D eigenvalue weighted by Crippen LogP contribution is -2.49. The van der Waals surface area contributed by atoms with Crippen LogP contribution in [0.15, 0.2) is 60.7 Å². The van der Waals surface area contributed by atoms with Gasteiger partial charge >= 0.3 is 5.97 Å². The molecule has 0 bridgehead atoms. The molecule has 0 spiro atoms. The lowest BCUT2D eigenvalue weighted by Gasteiger charge is -2.43. The second kappa shape index (κ2) is 11.8. The number of fused-ring (bicyclic) bond motifs is 4. The van der Waals surface area contributed by atoms with Crippen molar-refractivity contribution >= 4 is 28.4 Å². The van der Waals surface area contributed by atoms with Gasteiger partial charge in [0.15, 0.2) is 5.54 Å². The highest BCUT2D eigenvalue weighted by Gasteiger charge is 2.35. The number of allylic oxidation sites excluding steroid dienone is 2. The molecule has 6 heteroatoms. The van der Waals surface area contributed by atoms with Crippen molar-refractivity contribution < 1.29 is 19.4 Å². The minimum atomic E-state index is -0.769. The van der Waals surface area contributed by atoms with Crippen molar-refractivity contribution in [2.24, 2.45) is 0 Å². The number of aliphatic carboxylic acids is 1. The zero-order valence-corrected chi connectivity index (χ0v) is 28.6. The van der Waals surface area contributed by atoms with Gasteiger partial charge in [-0.1, -0.05) is 18.2 Å². The number of unbranched alkanes of at least 4 members (excludes halogenated alkanes) is 1. The Morgan fingerprint density at radius 3 is 2.28 bits per heavy atom. The first-order chi connectivity index (χ1) is 21.8. The third kappa shape index (κ3) is 5.52. The second-order valence-corrected chi connectivity index (χ2v) is 13.9. The van der Waals surface area contributed by atoms with Gasteiger partial charge in [-0.3, -0.25) is 4.79 Å². The van der Waals surface area contributed by atoms with Crippen LogP contribution in [0.3, 0.4) is 0 Å². The van der Waals surface area contributed by atoms with Gasteiger partial charge in [-0.25, -0.2) is 4.58 Å². The van der Waals surface area contributed by atoms with Crippen LogP contribution in [0.25, 0.3) is 16.7 Å². The largest absolute Gasteiger partial charge is 0.494 e. The molecule has 3 aliphatic rings. The Morgan fingerprint density at radius 2 is 1.61 bits per heavy atom. The fourth-order valence-corrected chi connectivity index (χ4v) is 7.78. The first kappa shape index (κ1) is 31.7. The van der Waals surface area contributed by atoms with Gasteiger partial charge in [-0.05, 0) is 101 Å². The molecule has 46 heavy (non-hydrogen) atoms. The van der Waals surface area contributed by atoms with E-state index in [2.05, 4.69) is 113 Å². The van der Waals surface area contributed by atoms with E-state index in [1.807, 2.05) is 12.1 Å². The number of likely N-dealkylation sites (N-methyl/N-ethyl adjacent to an activating group) is 2. The minimum Gasteiger partial charge on any atom is -0.494 e. The zero-order chi connectivity index (χ0) is 33.0. The number of ether oxygens (including phenoxy) is 2. The maximum absolute atomic E-state index is 10.8. The highest BCUT2D eigenvalue weighted by atomic mass is 16.5. The van der Waals surface area contributed by atoms with E-state index in [0.29, 0.717) is 19.4 Å². The van der Waals surface area contributed by atoms with Crippen molar-refractivity contribution in [1.29, 1.82) is 0 Å². The van der Waals surface area contributed by atoms with Gasteiger partial charge < -0.3 is 19.5 Å². The first-order valence-electron chi connectivity index (χ1n) is 16.7. The van der Waals surface area contributed by atoms with E-state index in [4.69, 9.17) is 14.6 Å². The molecule has 6 nitrogen and oxygen atoms in total. The molecular weight excluding hydrogens is 572 g/mol. The Labute approximate surface area is 273 Å². The van der Waals surface area contributed by atoms with Crippen LogP contribution in [0.5, 0.6) is 17.2 Å². The second-order valence-electron chi connectivity index (χ2n) is 13.9. The number of benzene rings is 3. The summed E-state index contributed by atoms with van der Waals surface area (Å²) in [4.78, 5) is 13.3. The number of rotatable bonds is 9. The maximum Gasteiger partial charge on any atom is 0.303 e. The van der Waals surface area contributed by atoms with Crippen LogP contribution in [0, 0.1) is 0 Å². The van der Waals surface area contributed by atoms with Crippen LogP contribution in [0.4, 0.5) is 5.69 Å². The standard InChI is InChI=1S/C40H46N2O4/c1-9-41-33-21-35-31(19-29(33)25(3)23-39(41,5)6)38(27-14-16-28(17-15-27)45-18-12-11-13-37(43)44)32-20-30-26(4)24-40(7,8)42(10-2)34(30)22-36(32)46-35/h14-17,19-24H,9-13,18H2,1-8H3/p+1. The quantitative estimate of drug-likeness (QED) is 0.156. The number of hydrogen-bond donors (Lipinski definition) is 1. The van der Waals surface area contributed by atoms with Crippen molar-refractivity contribution in [1.82, 2.24) is 4.58 Å². The molecule has 3 aromatic carbocycles. The molecule has 0 radical (unpaired) electrons. The molecule has 0 atom stereocenters. The summed E-state index contributed by atoms with van der Waals surface area (Å²) in [6.45, 7) is 20.2. The van der Waals surface area contributed by atoms with Crippen LogP contribution in [0.1, 0.15) is 96.9 Å². The Balaban J connectivity index is 1.54. The van der Waals surface area contributed by atoms with Crippen LogP contribution >= 0.6 is 0 Å². The number of carboxylic acid groups (broad SMARTS) is 1. The Kier molecular flexibility index (Phi) is 8.12. The number of nitrogens with zero attached hydrogens (tertiary/aromatic N) is 2. The average molecular weight is 620 g/mol. The monoisotopic (exact) mass is 619 g/mol. The van der Waals surface area contributed by atoms with Gasteiger partial charge in [-0.15, -0.1) is 0 Å². The smallest absolute Gasteiger partial charge is 0.303 e. The molecule has 0 saturated heterocycles. The summed E-state index contributed by atoms with van der Waals surface area (Å²) in [7, 11) is 0. The van der Waals surface area contributed by atoms with Crippen LogP contribution < -0.4 is 29.5 Å². The molecule has 3 aliphatic heterocycles. The summed E-state index contributed by atoms with van der Waals surface area (Å²) in [5.74, 6) is 1.75. The zero-order valence-electron chi connectivity index (χ0n) is 28.6. The predicted octanol–water partition coefficient (Wildman–Crippen LogP) is 7.40. The first-order valence-corrected chi connectivity index (χ1v) is 16.7. The normalized spacial score (nSPS) is 17.2. The van der Waals surface area contributed by atoms with Crippen molar-refractivity contribution in [3.05, 3.63) is 93.5 Å². The van der Waals surface area contributed by atoms with E-state index in [-0.39, 0.29) is 17.5 Å². The molecule has 3 aromatic rings. The number of carboxylic acids is 1. The summed E-state index contributed by atoms with van der Waals surface area (Å²) in [6, 6.07) is 17.4. The molecule has 240 valence electrons. The van der Waals surface area contributed by atoms with E-state index >= 15 is 0 Å². The predicted molar refractivity (Wildman–Crippen MR) is 188 cm³/mol. The number of anilines is 1. The molecule has 3 heterocycles. The van der Waals surface area contributed by atoms with Crippen molar-refractivity contribution in [3.8, 4) is 17.2 Å². The minimum absolute atomic E-state index is 0.0984. The molecule has 0 amide bonds. The van der Waals surface area contributed by atoms with Gasteiger partial charge in [0.05, 0.1) is 18.2 Å². The summed E-state index contributed by atoms with van der Waals surface area (Å²) in [5, 5.41) is 11.2. The van der Waals surface area contributed by atoms with E-state index in [1.54, 1.807) is 0 Å². The SMILES string of the molecule is CCN1c2cc3c(cc2C(C)=CC1(C)C)C(c1ccc(OCCCCC(=O)O)cc1)=c1cc2c(cc1O3)=[N+](CC)C(C)(C)C=C2C. The van der Waals surface area contributed by atoms with Crippen molar-refractivity contribution in [3.63, 3.8) is 0 Å². The average Bonchev–Trinajstić information content (AvgIpc) is 2.98. The Hall–Kier alpha value is -4.32. The molecule has 1 N–H and O–H groups in total. The van der Waals surface area contributed by atoms with Gasteiger partial charge in [-0.2, -0.15) is 0 Å². The molecule has 0 unspecified atom stereocenters. The van der Waals surface area contributed by atoms with Gasteiger partial charge in [0.25, 0.3) is 0 Å². The highest BCUT2D eigenvalue weighted by Crippen LogP contribution is 2.46. The van der Waals surface area contributed by atoms with Gasteiger partial charge in [0, 0.05) is 66.0 Å².